The molecule has 2 aliphatic rings. The minimum Gasteiger partial charge on any atom is -0.490 e. The quantitative estimate of drug-likeness (QED) is 0.503. The summed E-state index contributed by atoms with van der Waals surface area (Å²) in [7, 11) is 0. The van der Waals surface area contributed by atoms with Gasteiger partial charge in [-0.05, 0) is 68.7 Å². The fourth-order valence-corrected chi connectivity index (χ4v) is 5.73. The number of rotatable bonds is 9. The van der Waals surface area contributed by atoms with E-state index in [0.29, 0.717) is 19.6 Å². The average molecular weight is 465 g/mol. The van der Waals surface area contributed by atoms with Gasteiger partial charge in [0, 0.05) is 13.0 Å². The van der Waals surface area contributed by atoms with Gasteiger partial charge in [-0.25, -0.2) is 0 Å². The van der Waals surface area contributed by atoms with Crippen molar-refractivity contribution in [3.05, 3.63) is 60.2 Å². The number of nitrogens with zero attached hydrogens (tertiary/aromatic N) is 1. The molecule has 2 aromatic rings. The van der Waals surface area contributed by atoms with Gasteiger partial charge in [-0.3, -0.25) is 4.79 Å². The van der Waals surface area contributed by atoms with Gasteiger partial charge in [0.05, 0.1) is 12.6 Å². The van der Waals surface area contributed by atoms with Gasteiger partial charge in [-0.1, -0.05) is 61.7 Å². The number of hydrogen-bond donors (Lipinski definition) is 1. The van der Waals surface area contributed by atoms with E-state index in [2.05, 4.69) is 17.0 Å². The average Bonchev–Trinajstić information content (AvgIpc) is 2.89. The molecule has 1 saturated heterocycles. The number of piperidine rings is 1. The molecule has 1 saturated carbocycles. The van der Waals surface area contributed by atoms with E-state index in [9.17, 15) is 4.79 Å². The van der Waals surface area contributed by atoms with Crippen LogP contribution in [0.2, 0.25) is 0 Å². The summed E-state index contributed by atoms with van der Waals surface area (Å²) in [5.41, 5.74) is 7.29. The number of carbonyl (C=O) groups is 1. The summed E-state index contributed by atoms with van der Waals surface area (Å²) in [4.78, 5) is 15.9. The lowest BCUT2D eigenvalue weighted by molar-refractivity contribution is -0.140. The maximum absolute atomic E-state index is 13.8. The van der Waals surface area contributed by atoms with Crippen molar-refractivity contribution in [1.29, 1.82) is 0 Å². The highest BCUT2D eigenvalue weighted by Crippen LogP contribution is 2.41. The number of ether oxygens (including phenoxy) is 2. The third kappa shape index (κ3) is 5.75. The maximum atomic E-state index is 13.8. The minimum atomic E-state index is -0.257. The van der Waals surface area contributed by atoms with Gasteiger partial charge < -0.3 is 20.1 Å². The summed E-state index contributed by atoms with van der Waals surface area (Å²) in [6.07, 6.45) is 9.09. The van der Waals surface area contributed by atoms with Crippen molar-refractivity contribution in [2.75, 3.05) is 19.7 Å². The van der Waals surface area contributed by atoms with Crippen LogP contribution in [0.3, 0.4) is 0 Å². The molecule has 2 atom stereocenters. The van der Waals surface area contributed by atoms with E-state index in [1.54, 1.807) is 0 Å². The van der Waals surface area contributed by atoms with Crippen molar-refractivity contribution in [2.24, 2.45) is 11.1 Å². The van der Waals surface area contributed by atoms with Crippen LogP contribution in [0, 0.1) is 5.41 Å². The van der Waals surface area contributed by atoms with E-state index < -0.39 is 0 Å². The molecule has 0 aromatic heterocycles. The molecule has 4 rings (SSSR count). The molecule has 0 spiro atoms. The van der Waals surface area contributed by atoms with Crippen LogP contribution in [-0.2, 0) is 4.79 Å². The molecule has 2 N–H and O–H groups in total. The molecule has 2 fully saturated rings. The van der Waals surface area contributed by atoms with Crippen LogP contribution in [0.1, 0.15) is 76.4 Å². The molecule has 34 heavy (non-hydrogen) atoms. The predicted molar refractivity (Wildman–Crippen MR) is 136 cm³/mol. The molecule has 0 bridgehead atoms. The summed E-state index contributed by atoms with van der Waals surface area (Å²) >= 11 is 0. The minimum absolute atomic E-state index is 0.0169. The zero-order valence-electron chi connectivity index (χ0n) is 20.6. The van der Waals surface area contributed by atoms with Crippen LogP contribution in [0.15, 0.2) is 54.6 Å². The standard InChI is InChI=1S/C29H40N2O3/c1-2-33-25-16-7-8-17-26(25)34-28(23-13-5-3-6-14-23)24-15-9-12-20-31(24)27(32)21-29(22-30)18-10-4-11-19-29/h3,5-8,13-14,16-17,24,28H,2,4,9-12,15,18-22,30H2,1H3. The number of nitrogens with two attached hydrogens (primary N) is 1. The molecule has 1 heterocycles. The molecule has 2 unspecified atom stereocenters. The smallest absolute Gasteiger partial charge is 0.223 e. The van der Waals surface area contributed by atoms with E-state index in [-0.39, 0.29) is 23.5 Å². The zero-order valence-corrected chi connectivity index (χ0v) is 20.6. The molecule has 5 heteroatoms. The first-order chi connectivity index (χ1) is 16.7. The van der Waals surface area contributed by atoms with Crippen LogP contribution < -0.4 is 15.2 Å². The lowest BCUT2D eigenvalue weighted by Gasteiger charge is -2.43. The topological polar surface area (TPSA) is 64.8 Å². The van der Waals surface area contributed by atoms with E-state index in [1.807, 2.05) is 49.4 Å². The fourth-order valence-electron chi connectivity index (χ4n) is 5.73. The lowest BCUT2D eigenvalue weighted by atomic mass is 9.71. The summed E-state index contributed by atoms with van der Waals surface area (Å²) in [5.74, 6) is 1.70. The lowest BCUT2D eigenvalue weighted by Crippen LogP contribution is -2.50. The second-order valence-electron chi connectivity index (χ2n) is 9.92. The Balaban J connectivity index is 1.62. The van der Waals surface area contributed by atoms with Crippen LogP contribution in [0.5, 0.6) is 11.5 Å². The fraction of sp³-hybridized carbons (Fsp3) is 0.552. The van der Waals surface area contributed by atoms with E-state index >= 15 is 0 Å². The first kappa shape index (κ1) is 24.6. The Kier molecular flexibility index (Phi) is 8.49. The van der Waals surface area contributed by atoms with E-state index in [4.69, 9.17) is 15.2 Å². The van der Waals surface area contributed by atoms with Gasteiger partial charge in [-0.15, -0.1) is 0 Å². The highest BCUT2D eigenvalue weighted by molar-refractivity contribution is 5.77. The second kappa shape index (κ2) is 11.7. The molecular formula is C29H40N2O3. The molecule has 184 valence electrons. The third-order valence-corrected chi connectivity index (χ3v) is 7.62. The maximum Gasteiger partial charge on any atom is 0.223 e. The molecule has 2 aromatic carbocycles. The molecule has 0 radical (unpaired) electrons. The van der Waals surface area contributed by atoms with Crippen molar-refractivity contribution < 1.29 is 14.3 Å². The van der Waals surface area contributed by atoms with Crippen molar-refractivity contribution in [1.82, 2.24) is 4.90 Å². The van der Waals surface area contributed by atoms with Crippen molar-refractivity contribution >= 4 is 5.91 Å². The van der Waals surface area contributed by atoms with E-state index in [0.717, 1.165) is 55.7 Å². The van der Waals surface area contributed by atoms with Gasteiger partial charge in [0.1, 0.15) is 6.10 Å². The summed E-state index contributed by atoms with van der Waals surface area (Å²) in [6.45, 7) is 3.93. The first-order valence-electron chi connectivity index (χ1n) is 13.1. The van der Waals surface area contributed by atoms with E-state index in [1.165, 1.54) is 19.3 Å². The Labute approximate surface area is 204 Å². The Bertz CT molecular complexity index is 911. The van der Waals surface area contributed by atoms with Gasteiger partial charge in [0.15, 0.2) is 11.5 Å². The van der Waals surface area contributed by atoms with Gasteiger partial charge >= 0.3 is 0 Å². The monoisotopic (exact) mass is 464 g/mol. The van der Waals surface area contributed by atoms with Crippen LogP contribution in [0.4, 0.5) is 0 Å². The normalized spacial score (nSPS) is 21.0. The molecule has 5 nitrogen and oxygen atoms in total. The van der Waals surface area contributed by atoms with Crippen molar-refractivity contribution in [3.8, 4) is 11.5 Å². The number of benzene rings is 2. The summed E-state index contributed by atoms with van der Waals surface area (Å²) in [6, 6.07) is 18.1. The number of likely N-dealkylation sites (tertiary alicyclic amines) is 1. The number of hydrogen-bond acceptors (Lipinski definition) is 4. The largest absolute Gasteiger partial charge is 0.490 e. The highest BCUT2D eigenvalue weighted by Gasteiger charge is 2.40. The Hall–Kier alpha value is -2.53. The number of amides is 1. The van der Waals surface area contributed by atoms with Crippen molar-refractivity contribution in [2.45, 2.75) is 76.9 Å². The van der Waals surface area contributed by atoms with Crippen LogP contribution >= 0.6 is 0 Å². The number of carbonyl (C=O) groups excluding carboxylic acids is 1. The van der Waals surface area contributed by atoms with Gasteiger partial charge in [0.25, 0.3) is 0 Å². The zero-order chi connectivity index (χ0) is 23.8. The molecular weight excluding hydrogens is 424 g/mol. The van der Waals surface area contributed by atoms with Crippen LogP contribution in [-0.4, -0.2) is 36.5 Å². The molecule has 1 amide bonds. The first-order valence-corrected chi connectivity index (χ1v) is 13.1. The Morgan fingerprint density at radius 3 is 2.41 bits per heavy atom. The third-order valence-electron chi connectivity index (χ3n) is 7.62. The van der Waals surface area contributed by atoms with Crippen LogP contribution in [0.25, 0.3) is 0 Å². The molecule has 1 aliphatic heterocycles. The highest BCUT2D eigenvalue weighted by atomic mass is 16.5. The Morgan fingerprint density at radius 1 is 1.00 bits per heavy atom. The second-order valence-corrected chi connectivity index (χ2v) is 9.92. The predicted octanol–water partition coefficient (Wildman–Crippen LogP) is 5.89. The van der Waals surface area contributed by atoms with Gasteiger partial charge in [-0.2, -0.15) is 0 Å². The number of para-hydroxylation sites is 2. The van der Waals surface area contributed by atoms with Crippen molar-refractivity contribution in [3.63, 3.8) is 0 Å². The molecule has 1 aliphatic carbocycles. The summed E-state index contributed by atoms with van der Waals surface area (Å²) in [5, 5.41) is 0. The SMILES string of the molecule is CCOc1ccccc1OC(c1ccccc1)C1CCCCN1C(=O)CC1(CN)CCCCC1. The van der Waals surface area contributed by atoms with Gasteiger partial charge in [0.2, 0.25) is 5.91 Å². The summed E-state index contributed by atoms with van der Waals surface area (Å²) < 4.78 is 12.5. The Morgan fingerprint density at radius 2 is 1.71 bits per heavy atom.